The summed E-state index contributed by atoms with van der Waals surface area (Å²) in [5.41, 5.74) is 3.41. The van der Waals surface area contributed by atoms with Gasteiger partial charge in [0.1, 0.15) is 11.5 Å². The van der Waals surface area contributed by atoms with Crippen LogP contribution in [-0.2, 0) is 11.3 Å². The van der Waals surface area contributed by atoms with Gasteiger partial charge in [0.05, 0.1) is 22.9 Å². The molecule has 0 aliphatic carbocycles. The van der Waals surface area contributed by atoms with Crippen LogP contribution in [0.3, 0.4) is 0 Å². The van der Waals surface area contributed by atoms with Crippen LogP contribution in [-0.4, -0.2) is 38.5 Å². The molecular weight excluding hydrogens is 452 g/mol. The molecule has 0 saturated heterocycles. The molecule has 34 heavy (non-hydrogen) atoms. The molecule has 0 bridgehead atoms. The Morgan fingerprint density at radius 3 is 2.47 bits per heavy atom. The van der Waals surface area contributed by atoms with Gasteiger partial charge in [-0.05, 0) is 37.3 Å². The van der Waals surface area contributed by atoms with Crippen LogP contribution in [0.5, 0.6) is 0 Å². The number of nitro benzene ring substituents is 1. The van der Waals surface area contributed by atoms with Crippen molar-refractivity contribution in [1.82, 2.24) is 14.9 Å². The molecule has 0 N–H and O–H groups in total. The van der Waals surface area contributed by atoms with Crippen molar-refractivity contribution in [3.63, 3.8) is 0 Å². The van der Waals surface area contributed by atoms with Crippen molar-refractivity contribution in [3.8, 4) is 22.6 Å². The van der Waals surface area contributed by atoms with Crippen LogP contribution in [0.25, 0.3) is 22.6 Å². The number of rotatable bonds is 8. The summed E-state index contributed by atoms with van der Waals surface area (Å²) in [5, 5.41) is 11.4. The average molecular weight is 475 g/mol. The third kappa shape index (κ3) is 5.68. The Morgan fingerprint density at radius 1 is 1.03 bits per heavy atom. The second-order valence-corrected chi connectivity index (χ2v) is 8.59. The quantitative estimate of drug-likeness (QED) is 0.146. The molecule has 1 amide bonds. The van der Waals surface area contributed by atoms with E-state index in [1.165, 1.54) is 23.9 Å². The summed E-state index contributed by atoms with van der Waals surface area (Å²) < 4.78 is 5.84. The zero-order valence-electron chi connectivity index (χ0n) is 18.7. The summed E-state index contributed by atoms with van der Waals surface area (Å²) in [6, 6.07) is 21.5. The minimum atomic E-state index is -0.444. The number of aryl methyl sites for hydroxylation is 1. The van der Waals surface area contributed by atoms with Crippen LogP contribution >= 0.6 is 11.8 Å². The maximum Gasteiger partial charge on any atom is 0.269 e. The molecule has 0 spiro atoms. The molecule has 0 atom stereocenters. The van der Waals surface area contributed by atoms with Gasteiger partial charge >= 0.3 is 0 Å². The summed E-state index contributed by atoms with van der Waals surface area (Å²) in [6.07, 6.45) is 0. The summed E-state index contributed by atoms with van der Waals surface area (Å²) in [7, 11) is 1.71. The molecule has 0 aliphatic heterocycles. The van der Waals surface area contributed by atoms with Gasteiger partial charge in [-0.25, -0.2) is 9.97 Å². The highest BCUT2D eigenvalue weighted by molar-refractivity contribution is 7.99. The summed E-state index contributed by atoms with van der Waals surface area (Å²) in [6.45, 7) is 2.21. The highest BCUT2D eigenvalue weighted by Crippen LogP contribution is 2.26. The minimum Gasteiger partial charge on any atom is -0.459 e. The van der Waals surface area contributed by atoms with E-state index in [9.17, 15) is 14.9 Å². The molecule has 4 aromatic rings. The van der Waals surface area contributed by atoms with Crippen LogP contribution in [0.15, 0.2) is 82.4 Å². The number of nitro groups is 1. The lowest BCUT2D eigenvalue weighted by Gasteiger charge is -2.15. The number of furan rings is 1. The van der Waals surface area contributed by atoms with Crippen molar-refractivity contribution < 1.29 is 14.1 Å². The highest BCUT2D eigenvalue weighted by atomic mass is 32.2. The van der Waals surface area contributed by atoms with E-state index in [2.05, 4.69) is 9.97 Å². The standard InChI is InChI=1S/C25H22N4O4S/c1-17-14-22(18-6-4-3-5-7-18)27-25(26-17)34-16-24(30)28(2)15-21-12-13-23(33-21)19-8-10-20(11-9-19)29(31)32/h3-14H,15-16H2,1-2H3. The molecular formula is C25H22N4O4S. The number of amides is 1. The molecule has 0 saturated carbocycles. The Kier molecular flexibility index (Phi) is 7.03. The van der Waals surface area contributed by atoms with Gasteiger partial charge in [0, 0.05) is 36.0 Å². The lowest BCUT2D eigenvalue weighted by molar-refractivity contribution is -0.384. The van der Waals surface area contributed by atoms with E-state index in [-0.39, 0.29) is 17.3 Å². The van der Waals surface area contributed by atoms with Gasteiger partial charge in [-0.15, -0.1) is 0 Å². The Morgan fingerprint density at radius 2 is 1.76 bits per heavy atom. The molecule has 0 unspecified atom stereocenters. The van der Waals surface area contributed by atoms with Crippen molar-refractivity contribution in [2.75, 3.05) is 12.8 Å². The SMILES string of the molecule is Cc1cc(-c2ccccc2)nc(SCC(=O)N(C)Cc2ccc(-c3ccc([N+](=O)[O-])cc3)o2)n1. The van der Waals surface area contributed by atoms with Gasteiger partial charge in [-0.3, -0.25) is 14.9 Å². The molecule has 0 radical (unpaired) electrons. The van der Waals surface area contributed by atoms with E-state index >= 15 is 0 Å². The van der Waals surface area contributed by atoms with Gasteiger partial charge in [0.15, 0.2) is 5.16 Å². The van der Waals surface area contributed by atoms with E-state index in [0.29, 0.717) is 23.2 Å². The summed E-state index contributed by atoms with van der Waals surface area (Å²) in [4.78, 5) is 33.7. The van der Waals surface area contributed by atoms with Crippen molar-refractivity contribution in [3.05, 3.63) is 94.4 Å². The molecule has 2 aromatic carbocycles. The Labute approximate surface area is 200 Å². The maximum atomic E-state index is 12.7. The topological polar surface area (TPSA) is 102 Å². The number of carbonyl (C=O) groups excluding carboxylic acids is 1. The predicted octanol–water partition coefficient (Wildman–Crippen LogP) is 5.37. The fourth-order valence-corrected chi connectivity index (χ4v) is 4.13. The number of thioether (sulfide) groups is 1. The molecule has 9 heteroatoms. The highest BCUT2D eigenvalue weighted by Gasteiger charge is 2.15. The maximum absolute atomic E-state index is 12.7. The zero-order chi connectivity index (χ0) is 24.1. The summed E-state index contributed by atoms with van der Waals surface area (Å²) >= 11 is 1.30. The third-order valence-corrected chi connectivity index (χ3v) is 5.90. The van der Waals surface area contributed by atoms with Crippen molar-refractivity contribution in [1.29, 1.82) is 0 Å². The number of benzene rings is 2. The molecule has 172 valence electrons. The molecule has 2 heterocycles. The van der Waals surface area contributed by atoms with Gasteiger partial charge in [0.2, 0.25) is 5.91 Å². The molecule has 8 nitrogen and oxygen atoms in total. The number of carbonyl (C=O) groups is 1. The van der Waals surface area contributed by atoms with Crippen molar-refractivity contribution in [2.24, 2.45) is 0 Å². The first-order valence-electron chi connectivity index (χ1n) is 10.5. The van der Waals surface area contributed by atoms with Gasteiger partial charge < -0.3 is 9.32 Å². The fourth-order valence-electron chi connectivity index (χ4n) is 3.29. The lowest BCUT2D eigenvalue weighted by Crippen LogP contribution is -2.27. The number of hydrogen-bond donors (Lipinski definition) is 0. The number of nitrogens with zero attached hydrogens (tertiary/aromatic N) is 4. The van der Waals surface area contributed by atoms with Gasteiger partial charge in [0.25, 0.3) is 5.69 Å². The molecule has 2 aromatic heterocycles. The smallest absolute Gasteiger partial charge is 0.269 e. The van der Waals surface area contributed by atoms with E-state index in [4.69, 9.17) is 4.42 Å². The first kappa shape index (κ1) is 23.2. The fraction of sp³-hybridized carbons (Fsp3) is 0.160. The Hall–Kier alpha value is -3.98. The average Bonchev–Trinajstić information content (AvgIpc) is 3.31. The molecule has 0 aliphatic rings. The van der Waals surface area contributed by atoms with Crippen LogP contribution in [0.4, 0.5) is 5.69 Å². The van der Waals surface area contributed by atoms with E-state index < -0.39 is 4.92 Å². The molecule has 4 rings (SSSR count). The number of hydrogen-bond acceptors (Lipinski definition) is 7. The second kappa shape index (κ2) is 10.3. The van der Waals surface area contributed by atoms with Crippen molar-refractivity contribution >= 4 is 23.4 Å². The van der Waals surface area contributed by atoms with E-state index in [1.54, 1.807) is 36.2 Å². The van der Waals surface area contributed by atoms with E-state index in [1.807, 2.05) is 43.3 Å². The van der Waals surface area contributed by atoms with Crippen molar-refractivity contribution in [2.45, 2.75) is 18.6 Å². The second-order valence-electron chi connectivity index (χ2n) is 7.65. The summed E-state index contributed by atoms with van der Waals surface area (Å²) in [5.74, 6) is 1.32. The van der Waals surface area contributed by atoms with E-state index in [0.717, 1.165) is 22.5 Å². The van der Waals surface area contributed by atoms with Gasteiger partial charge in [-0.1, -0.05) is 42.1 Å². The van der Waals surface area contributed by atoms with Gasteiger partial charge in [-0.2, -0.15) is 0 Å². The Bertz CT molecular complexity index is 1310. The number of aromatic nitrogens is 2. The van der Waals surface area contributed by atoms with Crippen LogP contribution in [0, 0.1) is 17.0 Å². The molecule has 0 fully saturated rings. The number of non-ortho nitro benzene ring substituents is 1. The predicted molar refractivity (Wildman–Crippen MR) is 130 cm³/mol. The zero-order valence-corrected chi connectivity index (χ0v) is 19.5. The normalized spacial score (nSPS) is 10.8. The lowest BCUT2D eigenvalue weighted by atomic mass is 10.1. The first-order valence-corrected chi connectivity index (χ1v) is 11.5. The van der Waals surface area contributed by atoms with Crippen LogP contribution in [0.1, 0.15) is 11.5 Å². The monoisotopic (exact) mass is 474 g/mol. The largest absolute Gasteiger partial charge is 0.459 e. The first-order chi connectivity index (χ1) is 16.4. The van der Waals surface area contributed by atoms with Crippen LogP contribution in [0.2, 0.25) is 0 Å². The minimum absolute atomic E-state index is 0.0202. The third-order valence-electron chi connectivity index (χ3n) is 5.07. The van der Waals surface area contributed by atoms with Crippen LogP contribution < -0.4 is 0 Å². The Balaban J connectivity index is 1.36.